The van der Waals surface area contributed by atoms with E-state index in [1.165, 1.54) is 13.2 Å². The zero-order valence-corrected chi connectivity index (χ0v) is 11.6. The molecule has 0 aliphatic carbocycles. The molecular formula is C14H21FN2O2. The van der Waals surface area contributed by atoms with E-state index < -0.39 is 5.82 Å². The first kappa shape index (κ1) is 15.4. The molecule has 0 aliphatic heterocycles. The molecular weight excluding hydrogens is 247 g/mol. The third-order valence-corrected chi connectivity index (χ3v) is 2.63. The number of nitrogens with zero attached hydrogens (tertiary/aromatic N) is 1. The molecule has 0 fully saturated rings. The second kappa shape index (κ2) is 7.09. The summed E-state index contributed by atoms with van der Waals surface area (Å²) in [5.74, 6) is -0.158. The van der Waals surface area contributed by atoms with E-state index in [0.29, 0.717) is 12.5 Å². The van der Waals surface area contributed by atoms with Gasteiger partial charge in [-0.3, -0.25) is 9.69 Å². The molecule has 0 saturated carbocycles. The third kappa shape index (κ3) is 5.26. The normalized spacial score (nSPS) is 11.1. The highest BCUT2D eigenvalue weighted by Gasteiger charge is 2.12. The lowest BCUT2D eigenvalue weighted by molar-refractivity contribution is -0.119. The predicted molar refractivity (Wildman–Crippen MR) is 72.3 cm³/mol. The highest BCUT2D eigenvalue weighted by atomic mass is 19.1. The Kier molecular flexibility index (Phi) is 5.76. The van der Waals surface area contributed by atoms with Gasteiger partial charge in [-0.1, -0.05) is 19.9 Å². The van der Waals surface area contributed by atoms with E-state index in [9.17, 15) is 9.18 Å². The lowest BCUT2D eigenvalue weighted by Gasteiger charge is -2.23. The number of amides is 1. The van der Waals surface area contributed by atoms with Crippen LogP contribution in [0.25, 0.3) is 0 Å². The first-order valence-corrected chi connectivity index (χ1v) is 6.25. The Morgan fingerprint density at radius 2 is 2.16 bits per heavy atom. The second-order valence-electron chi connectivity index (χ2n) is 5.00. The van der Waals surface area contributed by atoms with Gasteiger partial charge in [0.15, 0.2) is 11.6 Å². The lowest BCUT2D eigenvalue weighted by atomic mass is 10.1. The van der Waals surface area contributed by atoms with Crippen LogP contribution in [-0.2, 0) is 11.3 Å². The molecule has 0 bridgehead atoms. The van der Waals surface area contributed by atoms with E-state index in [4.69, 9.17) is 10.5 Å². The van der Waals surface area contributed by atoms with E-state index >= 15 is 0 Å². The Morgan fingerprint density at radius 3 is 2.63 bits per heavy atom. The minimum absolute atomic E-state index is 0.172. The van der Waals surface area contributed by atoms with Gasteiger partial charge in [0, 0.05) is 13.1 Å². The Bertz CT molecular complexity index is 435. The van der Waals surface area contributed by atoms with Crippen molar-refractivity contribution < 1.29 is 13.9 Å². The van der Waals surface area contributed by atoms with Crippen molar-refractivity contribution in [2.45, 2.75) is 20.4 Å². The summed E-state index contributed by atoms with van der Waals surface area (Å²) in [6.45, 7) is 5.51. The van der Waals surface area contributed by atoms with Gasteiger partial charge in [0.1, 0.15) is 0 Å². The van der Waals surface area contributed by atoms with Crippen molar-refractivity contribution in [2.75, 3.05) is 20.2 Å². The molecule has 5 heteroatoms. The highest BCUT2D eigenvalue weighted by molar-refractivity contribution is 5.75. The molecule has 0 radical (unpaired) electrons. The van der Waals surface area contributed by atoms with Gasteiger partial charge < -0.3 is 10.5 Å². The van der Waals surface area contributed by atoms with Crippen LogP contribution in [0.5, 0.6) is 5.75 Å². The molecule has 0 spiro atoms. The van der Waals surface area contributed by atoms with Crippen molar-refractivity contribution in [3.05, 3.63) is 29.6 Å². The highest BCUT2D eigenvalue weighted by Crippen LogP contribution is 2.18. The molecule has 0 heterocycles. The quantitative estimate of drug-likeness (QED) is 0.820. The van der Waals surface area contributed by atoms with E-state index in [1.54, 1.807) is 12.1 Å². The summed E-state index contributed by atoms with van der Waals surface area (Å²) in [6.07, 6.45) is 0. The maximum atomic E-state index is 13.6. The largest absolute Gasteiger partial charge is 0.494 e. The predicted octanol–water partition coefficient (Wildman–Crippen LogP) is 1.78. The number of hydrogen-bond acceptors (Lipinski definition) is 3. The summed E-state index contributed by atoms with van der Waals surface area (Å²) in [6, 6.07) is 4.80. The van der Waals surface area contributed by atoms with Gasteiger partial charge in [-0.2, -0.15) is 0 Å². The first-order chi connectivity index (χ1) is 8.92. The maximum Gasteiger partial charge on any atom is 0.231 e. The smallest absolute Gasteiger partial charge is 0.231 e. The van der Waals surface area contributed by atoms with E-state index in [1.807, 2.05) is 4.90 Å². The van der Waals surface area contributed by atoms with Gasteiger partial charge >= 0.3 is 0 Å². The molecule has 0 aromatic heterocycles. The number of primary amides is 1. The van der Waals surface area contributed by atoms with Gasteiger partial charge in [-0.05, 0) is 23.6 Å². The van der Waals surface area contributed by atoms with Crippen molar-refractivity contribution in [2.24, 2.45) is 11.7 Å². The van der Waals surface area contributed by atoms with E-state index in [-0.39, 0.29) is 18.2 Å². The summed E-state index contributed by atoms with van der Waals surface area (Å²) in [5.41, 5.74) is 6.02. The lowest BCUT2D eigenvalue weighted by Crippen LogP contribution is -2.35. The van der Waals surface area contributed by atoms with Crippen molar-refractivity contribution in [1.29, 1.82) is 0 Å². The fourth-order valence-electron chi connectivity index (χ4n) is 1.99. The Morgan fingerprint density at radius 1 is 1.47 bits per heavy atom. The summed E-state index contributed by atoms with van der Waals surface area (Å²) < 4.78 is 18.5. The fraction of sp³-hybridized carbons (Fsp3) is 0.500. The van der Waals surface area contributed by atoms with Crippen molar-refractivity contribution in [3.63, 3.8) is 0 Å². The molecule has 0 atom stereocenters. The maximum absolute atomic E-state index is 13.6. The van der Waals surface area contributed by atoms with Crippen LogP contribution in [0.3, 0.4) is 0 Å². The molecule has 19 heavy (non-hydrogen) atoms. The number of benzene rings is 1. The SMILES string of the molecule is COc1ccc(CN(CC(N)=O)CC(C)C)cc1F. The fourth-order valence-corrected chi connectivity index (χ4v) is 1.99. The number of halogens is 1. The van der Waals surface area contributed by atoms with Crippen LogP contribution < -0.4 is 10.5 Å². The zero-order chi connectivity index (χ0) is 14.4. The van der Waals surface area contributed by atoms with Crippen LogP contribution >= 0.6 is 0 Å². The molecule has 1 rings (SSSR count). The van der Waals surface area contributed by atoms with Crippen LogP contribution in [-0.4, -0.2) is 31.0 Å². The molecule has 2 N–H and O–H groups in total. The molecule has 1 aromatic carbocycles. The second-order valence-corrected chi connectivity index (χ2v) is 5.00. The molecule has 4 nitrogen and oxygen atoms in total. The number of methoxy groups -OCH3 is 1. The van der Waals surface area contributed by atoms with Crippen LogP contribution in [0.15, 0.2) is 18.2 Å². The van der Waals surface area contributed by atoms with Gasteiger partial charge in [-0.25, -0.2) is 4.39 Å². The number of carbonyl (C=O) groups excluding carboxylic acids is 1. The molecule has 1 amide bonds. The molecule has 1 aromatic rings. The van der Waals surface area contributed by atoms with Crippen LogP contribution in [0, 0.1) is 11.7 Å². The minimum Gasteiger partial charge on any atom is -0.494 e. The Labute approximate surface area is 113 Å². The zero-order valence-electron chi connectivity index (χ0n) is 11.6. The topological polar surface area (TPSA) is 55.6 Å². The summed E-state index contributed by atoms with van der Waals surface area (Å²) in [5, 5.41) is 0. The van der Waals surface area contributed by atoms with Gasteiger partial charge in [0.25, 0.3) is 0 Å². The van der Waals surface area contributed by atoms with Crippen LogP contribution in [0.4, 0.5) is 4.39 Å². The molecule has 0 aliphatic rings. The molecule has 0 saturated heterocycles. The van der Waals surface area contributed by atoms with Gasteiger partial charge in [0.05, 0.1) is 13.7 Å². The number of carbonyl (C=O) groups is 1. The average molecular weight is 268 g/mol. The monoisotopic (exact) mass is 268 g/mol. The van der Waals surface area contributed by atoms with Gasteiger partial charge in [0.2, 0.25) is 5.91 Å². The number of nitrogens with two attached hydrogens (primary N) is 1. The van der Waals surface area contributed by atoms with Gasteiger partial charge in [-0.15, -0.1) is 0 Å². The molecule has 0 unspecified atom stereocenters. The standard InChI is InChI=1S/C14H21FN2O2/c1-10(2)7-17(9-14(16)18)8-11-4-5-13(19-3)12(15)6-11/h4-6,10H,7-9H2,1-3H3,(H2,16,18). The summed E-state index contributed by atoms with van der Waals surface area (Å²) in [7, 11) is 1.43. The Hall–Kier alpha value is -1.62. The molecule has 106 valence electrons. The average Bonchev–Trinajstić information content (AvgIpc) is 2.27. The van der Waals surface area contributed by atoms with Crippen molar-refractivity contribution >= 4 is 5.91 Å². The van der Waals surface area contributed by atoms with Crippen LogP contribution in [0.2, 0.25) is 0 Å². The third-order valence-electron chi connectivity index (χ3n) is 2.63. The number of ether oxygens (including phenoxy) is 1. The number of rotatable bonds is 7. The van der Waals surface area contributed by atoms with Crippen LogP contribution in [0.1, 0.15) is 19.4 Å². The summed E-state index contributed by atoms with van der Waals surface area (Å²) >= 11 is 0. The number of hydrogen-bond donors (Lipinski definition) is 1. The van der Waals surface area contributed by atoms with Crippen molar-refractivity contribution in [1.82, 2.24) is 4.90 Å². The van der Waals surface area contributed by atoms with Crippen molar-refractivity contribution in [3.8, 4) is 5.75 Å². The Balaban J connectivity index is 2.77. The first-order valence-electron chi connectivity index (χ1n) is 6.25. The summed E-state index contributed by atoms with van der Waals surface area (Å²) in [4.78, 5) is 12.9. The van der Waals surface area contributed by atoms with E-state index in [0.717, 1.165) is 12.1 Å². The van der Waals surface area contributed by atoms with E-state index in [2.05, 4.69) is 13.8 Å². The minimum atomic E-state index is -0.399.